The lowest BCUT2D eigenvalue weighted by molar-refractivity contribution is 0.771. The molecular formula is C27H20N8. The van der Waals surface area contributed by atoms with Crippen LogP contribution in [-0.4, -0.2) is 30.4 Å². The van der Waals surface area contributed by atoms with E-state index in [9.17, 15) is 5.26 Å². The highest BCUT2D eigenvalue weighted by molar-refractivity contribution is 5.92. The zero-order valence-corrected chi connectivity index (χ0v) is 18.6. The number of fused-ring (bicyclic) bond motifs is 2. The Labute approximate surface area is 200 Å². The Kier molecular flexibility index (Phi) is 4.93. The molecule has 3 aromatic heterocycles. The number of nitrogens with zero attached hydrogens (tertiary/aromatic N) is 5. The maximum absolute atomic E-state index is 9.32. The first-order chi connectivity index (χ1) is 17.2. The first-order valence-electron chi connectivity index (χ1n) is 11.2. The summed E-state index contributed by atoms with van der Waals surface area (Å²) in [5.41, 5.74) is 13.7. The number of H-pyrrole nitrogens is 2. The van der Waals surface area contributed by atoms with E-state index >= 15 is 0 Å². The molecule has 0 unspecified atom stereocenters. The van der Waals surface area contributed by atoms with Crippen LogP contribution in [0.5, 0.6) is 0 Å². The van der Waals surface area contributed by atoms with Gasteiger partial charge in [0.25, 0.3) is 0 Å². The summed E-state index contributed by atoms with van der Waals surface area (Å²) in [4.78, 5) is 12.8. The summed E-state index contributed by atoms with van der Waals surface area (Å²) in [5, 5.41) is 20.5. The van der Waals surface area contributed by atoms with Crippen molar-refractivity contribution in [3.8, 4) is 17.2 Å². The lowest BCUT2D eigenvalue weighted by atomic mass is 9.88. The number of aromatic amines is 2. The van der Waals surface area contributed by atoms with Gasteiger partial charge in [-0.3, -0.25) is 0 Å². The molecule has 0 radical (unpaired) electrons. The standard InChI is InChI=1S/C27H20N8/c28-15-16-6-4-9-18(12-16)19-10-5-11-22-25(19)32-24(30-22)14-20(17-7-2-1-3-8-17)21-13-23(29)31-27-26(21)33-35-34-27/h1-13,20H,14H2,(H,30,32)(H3,29,31,33,34,35)/t20-/m1/s1. The highest BCUT2D eigenvalue weighted by Gasteiger charge is 2.22. The first-order valence-corrected chi connectivity index (χ1v) is 11.2. The smallest absolute Gasteiger partial charge is 0.203 e. The van der Waals surface area contributed by atoms with Gasteiger partial charge in [0.2, 0.25) is 5.65 Å². The quantitative estimate of drug-likeness (QED) is 0.344. The summed E-state index contributed by atoms with van der Waals surface area (Å²) in [5.74, 6) is 1.16. The second-order valence-electron chi connectivity index (χ2n) is 8.38. The van der Waals surface area contributed by atoms with E-state index in [0.717, 1.165) is 39.1 Å². The maximum atomic E-state index is 9.32. The van der Waals surface area contributed by atoms with Crippen molar-refractivity contribution in [3.05, 3.63) is 101 Å². The van der Waals surface area contributed by atoms with Gasteiger partial charge in [0.05, 0.1) is 22.7 Å². The van der Waals surface area contributed by atoms with Crippen LogP contribution in [0.1, 0.15) is 28.4 Å². The zero-order chi connectivity index (χ0) is 23.8. The number of nitrogens with two attached hydrogens (primary N) is 1. The maximum Gasteiger partial charge on any atom is 0.203 e. The predicted molar refractivity (Wildman–Crippen MR) is 134 cm³/mol. The topological polar surface area (TPSA) is 133 Å². The minimum absolute atomic E-state index is 0.0694. The molecule has 8 heteroatoms. The second kappa shape index (κ2) is 8.39. The molecule has 0 amide bonds. The summed E-state index contributed by atoms with van der Waals surface area (Å²) >= 11 is 0. The number of anilines is 1. The molecule has 35 heavy (non-hydrogen) atoms. The minimum Gasteiger partial charge on any atom is -0.384 e. The molecule has 0 saturated heterocycles. The van der Waals surface area contributed by atoms with Crippen molar-refractivity contribution < 1.29 is 0 Å². The fourth-order valence-corrected chi connectivity index (χ4v) is 4.60. The fourth-order valence-electron chi connectivity index (χ4n) is 4.60. The third-order valence-corrected chi connectivity index (χ3v) is 6.18. The fraction of sp³-hybridized carbons (Fsp3) is 0.0741. The summed E-state index contributed by atoms with van der Waals surface area (Å²) in [7, 11) is 0. The van der Waals surface area contributed by atoms with Crippen LogP contribution in [0.3, 0.4) is 0 Å². The zero-order valence-electron chi connectivity index (χ0n) is 18.6. The van der Waals surface area contributed by atoms with Gasteiger partial charge in [-0.25, -0.2) is 9.97 Å². The summed E-state index contributed by atoms with van der Waals surface area (Å²) < 4.78 is 0. The van der Waals surface area contributed by atoms with Crippen molar-refractivity contribution in [1.82, 2.24) is 30.4 Å². The Hall–Kier alpha value is -5.03. The molecule has 4 N–H and O–H groups in total. The molecule has 0 aliphatic rings. The Morgan fingerprint density at radius 2 is 1.74 bits per heavy atom. The molecule has 0 fully saturated rings. The number of benzene rings is 3. The van der Waals surface area contributed by atoms with Crippen molar-refractivity contribution in [3.63, 3.8) is 0 Å². The van der Waals surface area contributed by atoms with Crippen molar-refractivity contribution in [1.29, 1.82) is 5.26 Å². The minimum atomic E-state index is -0.0694. The largest absolute Gasteiger partial charge is 0.384 e. The monoisotopic (exact) mass is 456 g/mol. The third-order valence-electron chi connectivity index (χ3n) is 6.18. The SMILES string of the molecule is N#Cc1cccc(-c2cccc3[nH]c(C[C@H](c4ccccc4)c4cc(N)nc5n[nH]nc45)nc23)c1. The molecule has 6 rings (SSSR count). The van der Waals surface area contributed by atoms with Gasteiger partial charge in [0.1, 0.15) is 17.2 Å². The lowest BCUT2D eigenvalue weighted by Gasteiger charge is -2.17. The van der Waals surface area contributed by atoms with E-state index in [4.69, 9.17) is 10.7 Å². The molecule has 168 valence electrons. The number of pyridine rings is 1. The molecule has 6 aromatic rings. The van der Waals surface area contributed by atoms with Gasteiger partial charge in [0.15, 0.2) is 0 Å². The molecule has 0 spiro atoms. The number of imidazole rings is 1. The van der Waals surface area contributed by atoms with Crippen LogP contribution in [0, 0.1) is 11.3 Å². The molecule has 3 aromatic carbocycles. The van der Waals surface area contributed by atoms with Crippen LogP contribution in [-0.2, 0) is 6.42 Å². The molecule has 8 nitrogen and oxygen atoms in total. The van der Waals surface area contributed by atoms with Crippen LogP contribution >= 0.6 is 0 Å². The molecule has 0 aliphatic heterocycles. The first kappa shape index (κ1) is 20.6. The van der Waals surface area contributed by atoms with Crippen LogP contribution < -0.4 is 5.73 Å². The normalized spacial score (nSPS) is 12.1. The molecular weight excluding hydrogens is 436 g/mol. The van der Waals surface area contributed by atoms with E-state index < -0.39 is 0 Å². The number of hydrogen-bond donors (Lipinski definition) is 3. The number of hydrogen-bond acceptors (Lipinski definition) is 6. The van der Waals surface area contributed by atoms with Crippen molar-refractivity contribution in [2.45, 2.75) is 12.3 Å². The Balaban J connectivity index is 1.47. The van der Waals surface area contributed by atoms with E-state index in [1.807, 2.05) is 60.7 Å². The van der Waals surface area contributed by atoms with Crippen LogP contribution in [0.2, 0.25) is 0 Å². The van der Waals surface area contributed by atoms with Crippen LogP contribution in [0.15, 0.2) is 78.9 Å². The van der Waals surface area contributed by atoms with Gasteiger partial charge in [-0.1, -0.05) is 54.6 Å². The molecule has 0 saturated carbocycles. The van der Waals surface area contributed by atoms with Crippen LogP contribution in [0.4, 0.5) is 5.82 Å². The highest BCUT2D eigenvalue weighted by Crippen LogP contribution is 2.34. The summed E-state index contributed by atoms with van der Waals surface area (Å²) in [6.45, 7) is 0. The molecule has 3 heterocycles. The van der Waals surface area contributed by atoms with Crippen molar-refractivity contribution >= 4 is 28.0 Å². The van der Waals surface area contributed by atoms with E-state index in [2.05, 4.69) is 43.6 Å². The summed E-state index contributed by atoms with van der Waals surface area (Å²) in [6.07, 6.45) is 0.599. The van der Waals surface area contributed by atoms with Gasteiger partial charge in [0, 0.05) is 17.9 Å². The van der Waals surface area contributed by atoms with Gasteiger partial charge in [-0.05, 0) is 41.0 Å². The molecule has 0 aliphatic carbocycles. The van der Waals surface area contributed by atoms with Gasteiger partial charge < -0.3 is 10.7 Å². The van der Waals surface area contributed by atoms with E-state index in [-0.39, 0.29) is 5.92 Å². The average molecular weight is 457 g/mol. The number of nitriles is 1. The van der Waals surface area contributed by atoms with E-state index in [1.54, 1.807) is 6.07 Å². The second-order valence-corrected chi connectivity index (χ2v) is 8.38. The highest BCUT2D eigenvalue weighted by atomic mass is 15.3. The number of nitrogen functional groups attached to an aromatic ring is 1. The van der Waals surface area contributed by atoms with Crippen LogP contribution in [0.25, 0.3) is 33.3 Å². The van der Waals surface area contributed by atoms with E-state index in [1.165, 1.54) is 0 Å². The van der Waals surface area contributed by atoms with E-state index in [0.29, 0.717) is 29.0 Å². The predicted octanol–water partition coefficient (Wildman–Crippen LogP) is 4.72. The Morgan fingerprint density at radius 1 is 0.886 bits per heavy atom. The van der Waals surface area contributed by atoms with Crippen molar-refractivity contribution in [2.24, 2.45) is 0 Å². The Bertz CT molecular complexity index is 1710. The number of aromatic nitrogens is 6. The van der Waals surface area contributed by atoms with Gasteiger partial charge in [-0.15, -0.1) is 5.10 Å². The number of para-hydroxylation sites is 1. The number of nitrogens with one attached hydrogen (secondary N) is 2. The third kappa shape index (κ3) is 3.75. The van der Waals surface area contributed by atoms with Gasteiger partial charge >= 0.3 is 0 Å². The lowest BCUT2D eigenvalue weighted by Crippen LogP contribution is -2.08. The molecule has 0 bridgehead atoms. The van der Waals surface area contributed by atoms with Gasteiger partial charge in [-0.2, -0.15) is 15.6 Å². The number of rotatable bonds is 5. The van der Waals surface area contributed by atoms with Crippen molar-refractivity contribution in [2.75, 3.05) is 5.73 Å². The molecule has 1 atom stereocenters. The average Bonchev–Trinajstić information content (AvgIpc) is 3.54. The summed E-state index contributed by atoms with van der Waals surface area (Å²) in [6, 6.07) is 27.9. The Morgan fingerprint density at radius 3 is 2.60 bits per heavy atom.